The molecule has 1 fully saturated rings. The van der Waals surface area contributed by atoms with Gasteiger partial charge in [0.2, 0.25) is 0 Å². The van der Waals surface area contributed by atoms with Crippen molar-refractivity contribution in [3.63, 3.8) is 0 Å². The van der Waals surface area contributed by atoms with Crippen molar-refractivity contribution < 1.29 is 0 Å². The fraction of sp³-hybridized carbons (Fsp3) is 0.667. The molecular weight excluding hydrogens is 310 g/mol. The molecule has 0 radical (unpaired) electrons. The highest BCUT2D eigenvalue weighted by molar-refractivity contribution is 9.10. The van der Waals surface area contributed by atoms with E-state index in [9.17, 15) is 0 Å². The lowest BCUT2D eigenvalue weighted by molar-refractivity contribution is 0.198. The maximum atomic E-state index is 3.79. The minimum Gasteiger partial charge on any atom is -0.314 e. The molecule has 0 amide bonds. The molecule has 1 saturated carbocycles. The van der Waals surface area contributed by atoms with E-state index in [0.29, 0.717) is 0 Å². The van der Waals surface area contributed by atoms with Gasteiger partial charge >= 0.3 is 0 Å². The van der Waals surface area contributed by atoms with Crippen LogP contribution in [-0.2, 0) is 6.42 Å². The smallest absolute Gasteiger partial charge is 0.0177 e. The zero-order chi connectivity index (χ0) is 14.4. The molecule has 0 aliphatic heterocycles. The van der Waals surface area contributed by atoms with Gasteiger partial charge in [-0.2, -0.15) is 0 Å². The summed E-state index contributed by atoms with van der Waals surface area (Å²) in [5.74, 6) is 1.74. The monoisotopic (exact) mass is 337 g/mol. The van der Waals surface area contributed by atoms with Crippen LogP contribution in [0.4, 0.5) is 0 Å². The van der Waals surface area contributed by atoms with E-state index in [1.54, 1.807) is 0 Å². The Balaban J connectivity index is 2.02. The molecule has 2 rings (SSSR count). The second-order valence-corrected chi connectivity index (χ2v) is 7.16. The van der Waals surface area contributed by atoms with E-state index in [0.717, 1.165) is 24.4 Å². The minimum absolute atomic E-state index is 0.719. The molecule has 20 heavy (non-hydrogen) atoms. The van der Waals surface area contributed by atoms with Crippen LogP contribution in [0.5, 0.6) is 0 Å². The number of rotatable bonds is 6. The van der Waals surface area contributed by atoms with E-state index in [1.807, 2.05) is 0 Å². The van der Waals surface area contributed by atoms with Crippen LogP contribution >= 0.6 is 15.9 Å². The van der Waals surface area contributed by atoms with Crippen molar-refractivity contribution in [2.24, 2.45) is 11.8 Å². The van der Waals surface area contributed by atoms with Crippen LogP contribution in [0.15, 0.2) is 28.7 Å². The molecule has 0 heterocycles. The molecule has 1 N–H and O–H groups in total. The Kier molecular flexibility index (Phi) is 6.57. The molecule has 1 aliphatic rings. The van der Waals surface area contributed by atoms with Gasteiger partial charge in [0.25, 0.3) is 0 Å². The number of hydrogen-bond acceptors (Lipinski definition) is 1. The van der Waals surface area contributed by atoms with E-state index < -0.39 is 0 Å². The van der Waals surface area contributed by atoms with Crippen LogP contribution < -0.4 is 5.32 Å². The molecule has 1 aromatic carbocycles. The Morgan fingerprint density at radius 1 is 1.25 bits per heavy atom. The largest absolute Gasteiger partial charge is 0.314 e. The van der Waals surface area contributed by atoms with Crippen molar-refractivity contribution in [3.05, 3.63) is 34.3 Å². The van der Waals surface area contributed by atoms with Crippen LogP contribution in [0.1, 0.15) is 51.5 Å². The molecular formula is C18H28BrN. The second kappa shape index (κ2) is 8.19. The second-order valence-electron chi connectivity index (χ2n) is 6.24. The van der Waals surface area contributed by atoms with Crippen LogP contribution in [0, 0.1) is 11.8 Å². The predicted octanol–water partition coefficient (Wildman–Crippen LogP) is 5.19. The third-order valence-corrected chi connectivity index (χ3v) is 5.21. The fourth-order valence-electron chi connectivity index (χ4n) is 3.52. The zero-order valence-corrected chi connectivity index (χ0v) is 14.5. The molecule has 112 valence electrons. The lowest BCUT2D eigenvalue weighted by Gasteiger charge is -2.37. The molecule has 3 unspecified atom stereocenters. The van der Waals surface area contributed by atoms with Gasteiger partial charge in [-0.05, 0) is 68.2 Å². The average molecular weight is 338 g/mol. The molecule has 0 saturated heterocycles. The standard InChI is InChI=1S/C18H28BrN/c1-3-10-20-18-9-8-14(4-2)11-16(18)12-15-6-5-7-17(19)13-15/h5-7,13-14,16,18,20H,3-4,8-12H2,1-2H3. The molecule has 1 nitrogen and oxygen atoms in total. The number of halogens is 1. The summed E-state index contributed by atoms with van der Waals surface area (Å²) >= 11 is 3.59. The fourth-order valence-corrected chi connectivity index (χ4v) is 3.97. The Labute approximate surface area is 132 Å². The average Bonchev–Trinajstić information content (AvgIpc) is 2.46. The van der Waals surface area contributed by atoms with Crippen LogP contribution in [0.25, 0.3) is 0 Å². The third-order valence-electron chi connectivity index (χ3n) is 4.71. The number of hydrogen-bond donors (Lipinski definition) is 1. The van der Waals surface area contributed by atoms with Crippen molar-refractivity contribution in [1.29, 1.82) is 0 Å². The van der Waals surface area contributed by atoms with Crippen LogP contribution in [-0.4, -0.2) is 12.6 Å². The SMILES string of the molecule is CCCNC1CCC(CC)CC1Cc1cccc(Br)c1. The highest BCUT2D eigenvalue weighted by Gasteiger charge is 2.29. The van der Waals surface area contributed by atoms with Gasteiger partial charge in [-0.3, -0.25) is 0 Å². The van der Waals surface area contributed by atoms with E-state index >= 15 is 0 Å². The summed E-state index contributed by atoms with van der Waals surface area (Å²) in [6.45, 7) is 5.77. The van der Waals surface area contributed by atoms with Gasteiger partial charge < -0.3 is 5.32 Å². The maximum absolute atomic E-state index is 3.79. The Hall–Kier alpha value is -0.340. The summed E-state index contributed by atoms with van der Waals surface area (Å²) in [5.41, 5.74) is 1.48. The van der Waals surface area contributed by atoms with E-state index in [2.05, 4.69) is 59.4 Å². The summed E-state index contributed by atoms with van der Waals surface area (Å²) in [4.78, 5) is 0. The minimum atomic E-state index is 0.719. The molecule has 2 heteroatoms. The first-order valence-corrected chi connectivity index (χ1v) is 9.00. The zero-order valence-electron chi connectivity index (χ0n) is 12.9. The van der Waals surface area contributed by atoms with Crippen molar-refractivity contribution in [1.82, 2.24) is 5.32 Å². The number of benzene rings is 1. The lowest BCUT2D eigenvalue weighted by atomic mass is 9.74. The first-order chi connectivity index (χ1) is 9.72. The lowest BCUT2D eigenvalue weighted by Crippen LogP contribution is -2.41. The molecule has 1 aliphatic carbocycles. The molecule has 3 atom stereocenters. The third kappa shape index (κ3) is 4.60. The van der Waals surface area contributed by atoms with Gasteiger partial charge in [0.15, 0.2) is 0 Å². The molecule has 0 spiro atoms. The van der Waals surface area contributed by atoms with Gasteiger partial charge in [-0.1, -0.05) is 48.3 Å². The van der Waals surface area contributed by atoms with Gasteiger partial charge in [0.05, 0.1) is 0 Å². The van der Waals surface area contributed by atoms with E-state index in [1.165, 1.54) is 48.6 Å². The summed E-state index contributed by atoms with van der Waals surface area (Å²) in [6, 6.07) is 9.56. The Morgan fingerprint density at radius 2 is 2.10 bits per heavy atom. The quantitative estimate of drug-likeness (QED) is 0.753. The first kappa shape index (κ1) is 16.0. The van der Waals surface area contributed by atoms with Crippen LogP contribution in [0.2, 0.25) is 0 Å². The highest BCUT2D eigenvalue weighted by atomic mass is 79.9. The topological polar surface area (TPSA) is 12.0 Å². The summed E-state index contributed by atoms with van der Waals surface area (Å²) in [6.07, 6.45) is 7.96. The normalized spacial score (nSPS) is 26.6. The van der Waals surface area contributed by atoms with E-state index in [-0.39, 0.29) is 0 Å². The Morgan fingerprint density at radius 3 is 2.80 bits per heavy atom. The first-order valence-electron chi connectivity index (χ1n) is 8.20. The molecule has 0 aromatic heterocycles. The van der Waals surface area contributed by atoms with Crippen molar-refractivity contribution in [2.75, 3.05) is 6.54 Å². The summed E-state index contributed by atoms with van der Waals surface area (Å²) < 4.78 is 1.20. The van der Waals surface area contributed by atoms with Crippen molar-refractivity contribution in [2.45, 2.75) is 58.4 Å². The predicted molar refractivity (Wildman–Crippen MR) is 91.0 cm³/mol. The molecule has 1 aromatic rings. The van der Waals surface area contributed by atoms with Crippen molar-refractivity contribution >= 4 is 15.9 Å². The van der Waals surface area contributed by atoms with Gasteiger partial charge in [-0.25, -0.2) is 0 Å². The van der Waals surface area contributed by atoms with Gasteiger partial charge in [0.1, 0.15) is 0 Å². The van der Waals surface area contributed by atoms with Crippen LogP contribution in [0.3, 0.4) is 0 Å². The van der Waals surface area contributed by atoms with Crippen molar-refractivity contribution in [3.8, 4) is 0 Å². The Bertz CT molecular complexity index is 404. The summed E-state index contributed by atoms with van der Waals surface area (Å²) in [5, 5.41) is 3.79. The maximum Gasteiger partial charge on any atom is 0.0177 e. The highest BCUT2D eigenvalue weighted by Crippen LogP contribution is 2.33. The van der Waals surface area contributed by atoms with Gasteiger partial charge in [0, 0.05) is 10.5 Å². The summed E-state index contributed by atoms with van der Waals surface area (Å²) in [7, 11) is 0. The van der Waals surface area contributed by atoms with E-state index in [4.69, 9.17) is 0 Å². The molecule has 0 bridgehead atoms. The van der Waals surface area contributed by atoms with Gasteiger partial charge in [-0.15, -0.1) is 0 Å². The number of nitrogens with one attached hydrogen (secondary N) is 1.